The summed E-state index contributed by atoms with van der Waals surface area (Å²) in [6.45, 7) is 5.76. The van der Waals surface area contributed by atoms with Crippen LogP contribution in [0.15, 0.2) is 0 Å². The van der Waals surface area contributed by atoms with Gasteiger partial charge in [0.05, 0.1) is 0 Å². The van der Waals surface area contributed by atoms with E-state index in [1.54, 1.807) is 4.43 Å². The third-order valence-corrected chi connectivity index (χ3v) is 8.39. The number of halogens is 2. The van der Waals surface area contributed by atoms with Gasteiger partial charge in [0, 0.05) is 0 Å². The van der Waals surface area contributed by atoms with E-state index in [2.05, 4.69) is 27.2 Å². The quantitative estimate of drug-likeness (QED) is 0.363. The average Bonchev–Trinajstić information content (AvgIpc) is 1.82. The Morgan fingerprint density at radius 3 is 2.50 bits per heavy atom. The minimum absolute atomic E-state index is 0.318. The van der Waals surface area contributed by atoms with Gasteiger partial charge >= 0.3 is 83.4 Å². The fraction of sp³-hybridized carbons (Fsp3) is 1.00. The van der Waals surface area contributed by atoms with Crippen molar-refractivity contribution in [3.63, 3.8) is 0 Å². The summed E-state index contributed by atoms with van der Waals surface area (Å²) in [4.78, 5) is 4.91. The Morgan fingerprint density at radius 2 is 2.10 bits per heavy atom. The van der Waals surface area contributed by atoms with E-state index >= 15 is 0 Å². The summed E-state index contributed by atoms with van der Waals surface area (Å²) in [5.74, 6) is 0. The van der Waals surface area contributed by atoms with Crippen molar-refractivity contribution in [3.8, 4) is 0 Å². The number of hydrogen-bond donors (Lipinski definition) is 1. The maximum atomic E-state index is 3.49. The van der Waals surface area contributed by atoms with E-state index in [0.717, 1.165) is 3.92 Å². The van der Waals surface area contributed by atoms with E-state index in [1.165, 1.54) is 6.54 Å². The average molecular weight is 370 g/mol. The van der Waals surface area contributed by atoms with Gasteiger partial charge in [0.15, 0.2) is 0 Å². The monoisotopic (exact) mass is 370 g/mol. The van der Waals surface area contributed by atoms with Crippen LogP contribution in [-0.4, -0.2) is 24.8 Å². The van der Waals surface area contributed by atoms with Gasteiger partial charge in [-0.25, -0.2) is 0 Å². The molecular weight excluding hydrogens is 352 g/mol. The first kappa shape index (κ1) is 11.4. The van der Waals surface area contributed by atoms with Gasteiger partial charge in [-0.3, -0.25) is 0 Å². The van der Waals surface area contributed by atoms with E-state index in [9.17, 15) is 0 Å². The molecule has 0 spiro atoms. The predicted molar refractivity (Wildman–Crippen MR) is 53.9 cm³/mol. The van der Waals surface area contributed by atoms with Crippen LogP contribution in [0.3, 0.4) is 0 Å². The zero-order valence-corrected chi connectivity index (χ0v) is 11.6. The summed E-state index contributed by atoms with van der Waals surface area (Å²) >= 11 is -0.113. The first-order valence-corrected chi connectivity index (χ1v) is 11.6. The predicted octanol–water partition coefficient (Wildman–Crippen LogP) is -1.25. The molecule has 0 aromatic heterocycles. The normalized spacial score (nSPS) is 15.4. The molecule has 1 nitrogen and oxygen atoms in total. The summed E-state index contributed by atoms with van der Waals surface area (Å²) < 4.78 is 6.05. The van der Waals surface area contributed by atoms with Crippen molar-refractivity contribution in [2.24, 2.45) is 0 Å². The Bertz CT molecular complexity index is 76.0. The molecule has 1 N–H and O–H groups in total. The Balaban J connectivity index is 3.16. The molecule has 0 aromatic carbocycles. The van der Waals surface area contributed by atoms with Crippen molar-refractivity contribution in [1.29, 1.82) is 0 Å². The third-order valence-electron chi connectivity index (χ3n) is 0.918. The molecule has 1 unspecified atom stereocenters. The molecule has 0 saturated heterocycles. The number of alkyl halides is 4. The summed E-state index contributed by atoms with van der Waals surface area (Å²) in [5.41, 5.74) is 0. The van der Waals surface area contributed by atoms with Crippen molar-refractivity contribution in [2.75, 3.05) is 20.8 Å². The van der Waals surface area contributed by atoms with E-state index < -0.39 is 19.8 Å². The second-order valence-electron chi connectivity index (χ2n) is 2.44. The molecule has 0 saturated carbocycles. The minimum atomic E-state index is -0.431. The molecule has 0 radical (unpaired) electrons. The van der Waals surface area contributed by atoms with Gasteiger partial charge < -0.3 is 0 Å². The van der Waals surface area contributed by atoms with Crippen LogP contribution in [-0.2, 0) is 0 Å². The third kappa shape index (κ3) is 7.53. The fourth-order valence-corrected chi connectivity index (χ4v) is 10.0. The SMILES string of the molecule is CCN[I-]C(C)CI(C)C. The second kappa shape index (κ2) is 7.09. The molecule has 0 bridgehead atoms. The molecule has 66 valence electrons. The van der Waals surface area contributed by atoms with Crippen LogP contribution in [0, 0.1) is 0 Å². The number of rotatable bonds is 5. The van der Waals surface area contributed by atoms with Gasteiger partial charge in [0.2, 0.25) is 0 Å². The van der Waals surface area contributed by atoms with Crippen LogP contribution < -0.4 is 25.0 Å². The zero-order chi connectivity index (χ0) is 7.98. The van der Waals surface area contributed by atoms with Gasteiger partial charge in [-0.2, -0.15) is 0 Å². The van der Waals surface area contributed by atoms with Crippen molar-refractivity contribution in [1.82, 2.24) is 3.53 Å². The Kier molecular flexibility index (Phi) is 8.10. The summed E-state index contributed by atoms with van der Waals surface area (Å²) in [7, 11) is 0. The van der Waals surface area contributed by atoms with Crippen molar-refractivity contribution >= 4 is 19.8 Å². The molecule has 0 aromatic rings. The van der Waals surface area contributed by atoms with Crippen LogP contribution in [0.4, 0.5) is 0 Å². The number of hydrogen-bond acceptors (Lipinski definition) is 1. The second-order valence-corrected chi connectivity index (χ2v) is 12.0. The van der Waals surface area contributed by atoms with Crippen LogP contribution in [0.25, 0.3) is 0 Å². The molecule has 0 aliphatic rings. The molecule has 0 aliphatic carbocycles. The van der Waals surface area contributed by atoms with Crippen LogP contribution in [0.2, 0.25) is 0 Å². The summed E-state index contributed by atoms with van der Waals surface area (Å²) in [6.07, 6.45) is 0. The van der Waals surface area contributed by atoms with Crippen LogP contribution >= 0.6 is 19.8 Å². The first-order chi connectivity index (χ1) is 4.66. The topological polar surface area (TPSA) is 12.0 Å². The standard InChI is InChI=1S/C7H18I2N/c1-5-10-8-7(2)6-9(3)4/h7,10H,5-6H2,1-4H3/q-1. The van der Waals surface area contributed by atoms with E-state index in [-0.39, 0.29) is 0 Å². The van der Waals surface area contributed by atoms with Gasteiger partial charge in [0.25, 0.3) is 0 Å². The molecular formula is C7H18I2N-. The van der Waals surface area contributed by atoms with Crippen molar-refractivity contribution < 1.29 is 21.5 Å². The molecule has 3 heteroatoms. The van der Waals surface area contributed by atoms with Gasteiger partial charge in [-0.15, -0.1) is 0 Å². The van der Waals surface area contributed by atoms with E-state index in [4.69, 9.17) is 0 Å². The Labute approximate surface area is 82.7 Å². The molecule has 0 amide bonds. The molecule has 1 atom stereocenters. The molecule has 0 heterocycles. The molecule has 10 heavy (non-hydrogen) atoms. The van der Waals surface area contributed by atoms with Crippen LogP contribution in [0.5, 0.6) is 0 Å². The first-order valence-electron chi connectivity index (χ1n) is 3.48. The number of nitrogens with one attached hydrogen (secondary N) is 1. The van der Waals surface area contributed by atoms with E-state index in [0.29, 0.717) is 21.5 Å². The van der Waals surface area contributed by atoms with Crippen molar-refractivity contribution in [3.05, 3.63) is 0 Å². The molecule has 0 aliphatic heterocycles. The Hall–Kier alpha value is 1.42. The summed E-state index contributed by atoms with van der Waals surface area (Å²) in [5, 5.41) is 0. The fourth-order valence-electron chi connectivity index (χ4n) is 0.663. The van der Waals surface area contributed by atoms with Gasteiger partial charge in [-0.1, -0.05) is 0 Å². The van der Waals surface area contributed by atoms with Crippen LogP contribution in [0.1, 0.15) is 13.8 Å². The summed E-state index contributed by atoms with van der Waals surface area (Å²) in [6, 6.07) is 0. The van der Waals surface area contributed by atoms with E-state index in [1.807, 2.05) is 0 Å². The molecule has 0 fully saturated rings. The maximum absolute atomic E-state index is 3.49. The zero-order valence-electron chi connectivity index (χ0n) is 7.25. The van der Waals surface area contributed by atoms with Gasteiger partial charge in [-0.05, 0) is 0 Å². The van der Waals surface area contributed by atoms with Crippen molar-refractivity contribution in [2.45, 2.75) is 17.8 Å². The van der Waals surface area contributed by atoms with Gasteiger partial charge in [0.1, 0.15) is 0 Å². The Morgan fingerprint density at radius 1 is 1.50 bits per heavy atom. The molecule has 0 rings (SSSR count).